The van der Waals surface area contributed by atoms with Crippen LogP contribution in [0.25, 0.3) is 0 Å². The molecule has 6 heteroatoms. The Balaban J connectivity index is 2.04. The average molecular weight is 248 g/mol. The number of carbonyl (C=O) groups is 1. The lowest BCUT2D eigenvalue weighted by molar-refractivity contribution is 0.0947. The van der Waals surface area contributed by atoms with Crippen molar-refractivity contribution in [1.82, 2.24) is 20.5 Å². The Labute approximate surface area is 103 Å². The van der Waals surface area contributed by atoms with Crippen LogP contribution in [-0.4, -0.2) is 27.3 Å². The van der Waals surface area contributed by atoms with Crippen molar-refractivity contribution in [1.29, 1.82) is 0 Å². The molecule has 0 atom stereocenters. The van der Waals surface area contributed by atoms with Gasteiger partial charge in [0.15, 0.2) is 0 Å². The van der Waals surface area contributed by atoms with Crippen molar-refractivity contribution < 1.29 is 4.79 Å². The largest absolute Gasteiger partial charge is 0.348 e. The summed E-state index contributed by atoms with van der Waals surface area (Å²) < 4.78 is 0. The van der Waals surface area contributed by atoms with E-state index < -0.39 is 0 Å². The molecular formula is C11H12N4OS. The van der Waals surface area contributed by atoms with Crippen LogP contribution in [0.2, 0.25) is 0 Å². The lowest BCUT2D eigenvalue weighted by atomic mass is 10.2. The summed E-state index contributed by atoms with van der Waals surface area (Å²) >= 11 is 1.46. The van der Waals surface area contributed by atoms with Crippen LogP contribution < -0.4 is 5.32 Å². The second-order valence-electron chi connectivity index (χ2n) is 3.35. The first-order chi connectivity index (χ1) is 8.31. The maximum absolute atomic E-state index is 11.9. The molecule has 0 fully saturated rings. The number of nitrogens with zero attached hydrogens (tertiary/aromatic N) is 2. The number of hydrogen-bond acceptors (Lipinski definition) is 4. The SMILES string of the molecule is CSc1ncccc1C(=O)NCc1cn[nH]c1. The van der Waals surface area contributed by atoms with Gasteiger partial charge in [-0.3, -0.25) is 9.89 Å². The van der Waals surface area contributed by atoms with E-state index in [-0.39, 0.29) is 5.91 Å². The summed E-state index contributed by atoms with van der Waals surface area (Å²) in [6.07, 6.45) is 7.01. The molecule has 0 aliphatic heterocycles. The molecule has 2 aromatic rings. The summed E-state index contributed by atoms with van der Waals surface area (Å²) in [5.74, 6) is -0.122. The zero-order chi connectivity index (χ0) is 12.1. The Morgan fingerprint density at radius 1 is 1.59 bits per heavy atom. The summed E-state index contributed by atoms with van der Waals surface area (Å²) in [4.78, 5) is 16.1. The molecule has 2 aromatic heterocycles. The molecular weight excluding hydrogens is 236 g/mol. The van der Waals surface area contributed by atoms with Crippen molar-refractivity contribution >= 4 is 17.7 Å². The minimum absolute atomic E-state index is 0.122. The lowest BCUT2D eigenvalue weighted by Gasteiger charge is -2.06. The average Bonchev–Trinajstić information content (AvgIpc) is 2.89. The van der Waals surface area contributed by atoms with E-state index in [2.05, 4.69) is 20.5 Å². The highest BCUT2D eigenvalue weighted by Crippen LogP contribution is 2.16. The number of pyridine rings is 1. The van der Waals surface area contributed by atoms with E-state index in [4.69, 9.17) is 0 Å². The van der Waals surface area contributed by atoms with Gasteiger partial charge in [0.1, 0.15) is 5.03 Å². The van der Waals surface area contributed by atoms with E-state index in [9.17, 15) is 4.79 Å². The van der Waals surface area contributed by atoms with Gasteiger partial charge in [0, 0.05) is 24.5 Å². The second-order valence-corrected chi connectivity index (χ2v) is 4.14. The molecule has 0 radical (unpaired) electrons. The number of nitrogens with one attached hydrogen (secondary N) is 2. The molecule has 2 heterocycles. The zero-order valence-electron chi connectivity index (χ0n) is 9.30. The van der Waals surface area contributed by atoms with Gasteiger partial charge in [-0.25, -0.2) is 4.98 Å². The Kier molecular flexibility index (Phi) is 3.77. The fraction of sp³-hybridized carbons (Fsp3) is 0.182. The number of aromatic amines is 1. The molecule has 2 rings (SSSR count). The predicted molar refractivity (Wildman–Crippen MR) is 65.8 cm³/mol. The molecule has 0 aromatic carbocycles. The van der Waals surface area contributed by atoms with E-state index in [0.717, 1.165) is 10.6 Å². The molecule has 2 N–H and O–H groups in total. The van der Waals surface area contributed by atoms with Crippen LogP contribution in [0.5, 0.6) is 0 Å². The molecule has 88 valence electrons. The topological polar surface area (TPSA) is 70.7 Å². The molecule has 1 amide bonds. The third-order valence-corrected chi connectivity index (χ3v) is 2.93. The van der Waals surface area contributed by atoms with Crippen LogP contribution in [0, 0.1) is 0 Å². The fourth-order valence-corrected chi connectivity index (χ4v) is 1.93. The van der Waals surface area contributed by atoms with Gasteiger partial charge in [0.2, 0.25) is 0 Å². The van der Waals surface area contributed by atoms with Crippen LogP contribution in [0.15, 0.2) is 35.7 Å². The monoisotopic (exact) mass is 248 g/mol. The van der Waals surface area contributed by atoms with E-state index in [1.165, 1.54) is 11.8 Å². The normalized spacial score (nSPS) is 10.2. The van der Waals surface area contributed by atoms with Gasteiger partial charge in [-0.05, 0) is 18.4 Å². The fourth-order valence-electron chi connectivity index (χ4n) is 1.38. The first kappa shape index (κ1) is 11.7. The van der Waals surface area contributed by atoms with Gasteiger partial charge in [0.05, 0.1) is 11.8 Å². The maximum Gasteiger partial charge on any atom is 0.254 e. The van der Waals surface area contributed by atoms with Gasteiger partial charge < -0.3 is 5.32 Å². The Bertz CT molecular complexity index is 498. The minimum atomic E-state index is -0.122. The van der Waals surface area contributed by atoms with Gasteiger partial charge in [-0.15, -0.1) is 11.8 Å². The van der Waals surface area contributed by atoms with Crippen LogP contribution in [0.1, 0.15) is 15.9 Å². The van der Waals surface area contributed by atoms with Crippen LogP contribution in [0.4, 0.5) is 0 Å². The highest BCUT2D eigenvalue weighted by atomic mass is 32.2. The number of carbonyl (C=O) groups excluding carboxylic acids is 1. The van der Waals surface area contributed by atoms with Crippen molar-refractivity contribution in [3.8, 4) is 0 Å². The van der Waals surface area contributed by atoms with Crippen LogP contribution in [0.3, 0.4) is 0 Å². The first-order valence-corrected chi connectivity index (χ1v) is 6.28. The van der Waals surface area contributed by atoms with E-state index >= 15 is 0 Å². The maximum atomic E-state index is 11.9. The molecule has 0 saturated carbocycles. The number of aromatic nitrogens is 3. The number of hydrogen-bond donors (Lipinski definition) is 2. The predicted octanol–water partition coefficient (Wildman–Crippen LogP) is 1.46. The molecule has 0 aliphatic carbocycles. The van der Waals surface area contributed by atoms with Gasteiger partial charge in [0.25, 0.3) is 5.91 Å². The Hall–Kier alpha value is -1.82. The highest BCUT2D eigenvalue weighted by molar-refractivity contribution is 7.98. The van der Waals surface area contributed by atoms with E-state index in [0.29, 0.717) is 12.1 Å². The van der Waals surface area contributed by atoms with Crippen molar-refractivity contribution in [2.24, 2.45) is 0 Å². The summed E-state index contributed by atoms with van der Waals surface area (Å²) in [5, 5.41) is 10.1. The van der Waals surface area contributed by atoms with E-state index in [1.54, 1.807) is 30.7 Å². The first-order valence-electron chi connectivity index (χ1n) is 5.06. The van der Waals surface area contributed by atoms with Gasteiger partial charge in [-0.2, -0.15) is 5.10 Å². The lowest BCUT2D eigenvalue weighted by Crippen LogP contribution is -2.23. The summed E-state index contributed by atoms with van der Waals surface area (Å²) in [5.41, 5.74) is 1.54. The highest BCUT2D eigenvalue weighted by Gasteiger charge is 2.10. The van der Waals surface area contributed by atoms with E-state index in [1.807, 2.05) is 6.26 Å². The van der Waals surface area contributed by atoms with Gasteiger partial charge >= 0.3 is 0 Å². The number of amides is 1. The molecule has 0 spiro atoms. The third kappa shape index (κ3) is 2.85. The molecule has 0 bridgehead atoms. The summed E-state index contributed by atoms with van der Waals surface area (Å²) in [6.45, 7) is 0.456. The summed E-state index contributed by atoms with van der Waals surface area (Å²) in [6, 6.07) is 3.52. The number of H-pyrrole nitrogens is 1. The van der Waals surface area contributed by atoms with Crippen molar-refractivity contribution in [3.63, 3.8) is 0 Å². The Morgan fingerprint density at radius 3 is 3.18 bits per heavy atom. The second kappa shape index (κ2) is 5.49. The molecule has 0 aliphatic rings. The zero-order valence-corrected chi connectivity index (χ0v) is 10.1. The number of rotatable bonds is 4. The molecule has 0 saturated heterocycles. The van der Waals surface area contributed by atoms with Crippen molar-refractivity contribution in [3.05, 3.63) is 41.9 Å². The Morgan fingerprint density at radius 2 is 2.47 bits per heavy atom. The molecule has 0 unspecified atom stereocenters. The van der Waals surface area contributed by atoms with Crippen molar-refractivity contribution in [2.45, 2.75) is 11.6 Å². The van der Waals surface area contributed by atoms with Gasteiger partial charge in [-0.1, -0.05) is 0 Å². The quantitative estimate of drug-likeness (QED) is 0.804. The summed E-state index contributed by atoms with van der Waals surface area (Å²) in [7, 11) is 0. The van der Waals surface area contributed by atoms with Crippen LogP contribution in [-0.2, 0) is 6.54 Å². The molecule has 5 nitrogen and oxygen atoms in total. The minimum Gasteiger partial charge on any atom is -0.348 e. The standard InChI is InChI=1S/C11H12N4OS/c1-17-11-9(3-2-4-12-11)10(16)13-5-8-6-14-15-7-8/h2-4,6-7H,5H2,1H3,(H,13,16)(H,14,15). The van der Waals surface area contributed by atoms with Crippen LogP contribution >= 0.6 is 11.8 Å². The number of thioether (sulfide) groups is 1. The smallest absolute Gasteiger partial charge is 0.254 e. The molecule has 17 heavy (non-hydrogen) atoms. The van der Waals surface area contributed by atoms with Crippen molar-refractivity contribution in [2.75, 3.05) is 6.26 Å². The third-order valence-electron chi connectivity index (χ3n) is 2.22.